The fourth-order valence-corrected chi connectivity index (χ4v) is 1.77. The summed E-state index contributed by atoms with van der Waals surface area (Å²) in [6.45, 7) is 2.66. The van der Waals surface area contributed by atoms with Gasteiger partial charge in [0.2, 0.25) is 0 Å². The van der Waals surface area contributed by atoms with Crippen LogP contribution in [0, 0.1) is 18.8 Å². The maximum Gasteiger partial charge on any atom is 0.296 e. The molecule has 1 N–H and O–H groups in total. The van der Waals surface area contributed by atoms with Crippen molar-refractivity contribution in [2.45, 2.75) is 13.3 Å². The summed E-state index contributed by atoms with van der Waals surface area (Å²) in [4.78, 5) is 11.6. The SMILES string of the molecule is Cc1ccc(CCNC(=O)C#Cc2ccccc2)cc1. The Balaban J connectivity index is 1.78. The Kier molecular flexibility index (Phi) is 4.97. The van der Waals surface area contributed by atoms with Gasteiger partial charge in [-0.3, -0.25) is 4.79 Å². The molecule has 0 heterocycles. The molecule has 100 valence electrons. The molecule has 0 aliphatic rings. The maximum atomic E-state index is 11.6. The highest BCUT2D eigenvalue weighted by molar-refractivity contribution is 5.94. The average Bonchev–Trinajstić information content (AvgIpc) is 2.48. The van der Waals surface area contributed by atoms with Crippen molar-refractivity contribution >= 4 is 5.91 Å². The van der Waals surface area contributed by atoms with Crippen LogP contribution in [0.3, 0.4) is 0 Å². The van der Waals surface area contributed by atoms with Crippen LogP contribution in [-0.4, -0.2) is 12.5 Å². The fourth-order valence-electron chi connectivity index (χ4n) is 1.77. The molecule has 0 fully saturated rings. The van der Waals surface area contributed by atoms with Crippen LogP contribution in [0.4, 0.5) is 0 Å². The van der Waals surface area contributed by atoms with Gasteiger partial charge in [0.1, 0.15) is 0 Å². The van der Waals surface area contributed by atoms with Crippen molar-refractivity contribution in [1.82, 2.24) is 5.32 Å². The molecule has 20 heavy (non-hydrogen) atoms. The van der Waals surface area contributed by atoms with Crippen LogP contribution in [0.5, 0.6) is 0 Å². The predicted octanol–water partition coefficient (Wildman–Crippen LogP) is 2.71. The van der Waals surface area contributed by atoms with E-state index in [1.807, 2.05) is 30.3 Å². The van der Waals surface area contributed by atoms with E-state index in [-0.39, 0.29) is 5.91 Å². The van der Waals surface area contributed by atoms with Crippen molar-refractivity contribution in [2.24, 2.45) is 0 Å². The van der Waals surface area contributed by atoms with Gasteiger partial charge in [-0.1, -0.05) is 53.9 Å². The molecule has 0 saturated carbocycles. The van der Waals surface area contributed by atoms with Crippen LogP contribution >= 0.6 is 0 Å². The van der Waals surface area contributed by atoms with E-state index in [9.17, 15) is 4.79 Å². The highest BCUT2D eigenvalue weighted by atomic mass is 16.1. The third-order valence-corrected chi connectivity index (χ3v) is 2.91. The quantitative estimate of drug-likeness (QED) is 0.848. The molecule has 0 unspecified atom stereocenters. The van der Waals surface area contributed by atoms with Crippen molar-refractivity contribution in [3.05, 3.63) is 71.3 Å². The van der Waals surface area contributed by atoms with Crippen molar-refractivity contribution in [1.29, 1.82) is 0 Å². The molecule has 0 aliphatic carbocycles. The second-order valence-corrected chi connectivity index (χ2v) is 4.61. The normalized spacial score (nSPS) is 9.45. The molecule has 0 saturated heterocycles. The lowest BCUT2D eigenvalue weighted by Crippen LogP contribution is -2.23. The summed E-state index contributed by atoms with van der Waals surface area (Å²) in [5.74, 6) is 5.20. The summed E-state index contributed by atoms with van der Waals surface area (Å²) in [7, 11) is 0. The Labute approximate surface area is 119 Å². The zero-order valence-electron chi connectivity index (χ0n) is 11.5. The van der Waals surface area contributed by atoms with E-state index in [1.54, 1.807) is 0 Å². The third kappa shape index (κ3) is 4.62. The Morgan fingerprint density at radius 3 is 2.45 bits per heavy atom. The first kappa shape index (κ1) is 13.9. The van der Waals surface area contributed by atoms with Gasteiger partial charge in [-0.25, -0.2) is 0 Å². The number of carbonyl (C=O) groups excluding carboxylic acids is 1. The molecular weight excluding hydrogens is 246 g/mol. The largest absolute Gasteiger partial charge is 0.345 e. The Morgan fingerprint density at radius 1 is 1.05 bits per heavy atom. The molecule has 0 bridgehead atoms. The molecule has 0 aromatic heterocycles. The standard InChI is InChI=1S/C18H17NO/c1-15-7-9-17(10-8-15)13-14-19-18(20)12-11-16-5-3-2-4-6-16/h2-10H,13-14H2,1H3,(H,19,20). The van der Waals surface area contributed by atoms with Gasteiger partial charge >= 0.3 is 0 Å². The van der Waals surface area contributed by atoms with Gasteiger partial charge in [-0.05, 0) is 31.0 Å². The van der Waals surface area contributed by atoms with Gasteiger partial charge in [0.05, 0.1) is 0 Å². The zero-order valence-corrected chi connectivity index (χ0v) is 11.5. The summed E-state index contributed by atoms with van der Waals surface area (Å²) in [5, 5.41) is 2.80. The summed E-state index contributed by atoms with van der Waals surface area (Å²) in [6, 6.07) is 17.8. The smallest absolute Gasteiger partial charge is 0.296 e. The van der Waals surface area contributed by atoms with Gasteiger partial charge in [-0.2, -0.15) is 0 Å². The first-order chi connectivity index (χ1) is 9.74. The molecule has 2 aromatic carbocycles. The number of amides is 1. The number of rotatable bonds is 3. The molecule has 1 amide bonds. The van der Waals surface area contributed by atoms with Crippen LogP contribution in [0.2, 0.25) is 0 Å². The van der Waals surface area contributed by atoms with Crippen LogP contribution in [-0.2, 0) is 11.2 Å². The van der Waals surface area contributed by atoms with Gasteiger partial charge in [0, 0.05) is 18.0 Å². The van der Waals surface area contributed by atoms with E-state index in [1.165, 1.54) is 11.1 Å². The van der Waals surface area contributed by atoms with E-state index < -0.39 is 0 Å². The summed E-state index contributed by atoms with van der Waals surface area (Å²) in [6.07, 6.45) is 0.818. The third-order valence-electron chi connectivity index (χ3n) is 2.91. The summed E-state index contributed by atoms with van der Waals surface area (Å²) in [5.41, 5.74) is 3.31. The molecular formula is C18H17NO. The molecule has 2 nitrogen and oxygen atoms in total. The Hall–Kier alpha value is -2.53. The van der Waals surface area contributed by atoms with E-state index >= 15 is 0 Å². The van der Waals surface area contributed by atoms with E-state index in [2.05, 4.69) is 48.3 Å². The Bertz CT molecular complexity index is 618. The minimum absolute atomic E-state index is 0.235. The lowest BCUT2D eigenvalue weighted by molar-refractivity contribution is -0.115. The topological polar surface area (TPSA) is 29.1 Å². The maximum absolute atomic E-state index is 11.6. The highest BCUT2D eigenvalue weighted by Crippen LogP contribution is 2.03. The fraction of sp³-hybridized carbons (Fsp3) is 0.167. The van der Waals surface area contributed by atoms with Crippen LogP contribution < -0.4 is 5.32 Å². The Morgan fingerprint density at radius 2 is 1.75 bits per heavy atom. The first-order valence-corrected chi connectivity index (χ1v) is 6.64. The van der Waals surface area contributed by atoms with E-state index in [0.29, 0.717) is 6.54 Å². The molecule has 0 radical (unpaired) electrons. The number of nitrogens with one attached hydrogen (secondary N) is 1. The molecule has 2 rings (SSSR count). The van der Waals surface area contributed by atoms with E-state index in [0.717, 1.165) is 12.0 Å². The molecule has 0 atom stereocenters. The van der Waals surface area contributed by atoms with Gasteiger partial charge in [0.15, 0.2) is 0 Å². The van der Waals surface area contributed by atoms with E-state index in [4.69, 9.17) is 0 Å². The zero-order chi connectivity index (χ0) is 14.2. The van der Waals surface area contributed by atoms with Crippen LogP contribution in [0.1, 0.15) is 16.7 Å². The van der Waals surface area contributed by atoms with Gasteiger partial charge in [0.25, 0.3) is 5.91 Å². The van der Waals surface area contributed by atoms with Crippen molar-refractivity contribution in [2.75, 3.05) is 6.54 Å². The number of hydrogen-bond acceptors (Lipinski definition) is 1. The van der Waals surface area contributed by atoms with Crippen molar-refractivity contribution in [3.8, 4) is 11.8 Å². The lowest BCUT2D eigenvalue weighted by atomic mass is 10.1. The number of benzene rings is 2. The molecule has 0 aliphatic heterocycles. The number of carbonyl (C=O) groups is 1. The predicted molar refractivity (Wildman–Crippen MR) is 81.2 cm³/mol. The second kappa shape index (κ2) is 7.16. The van der Waals surface area contributed by atoms with Crippen LogP contribution in [0.25, 0.3) is 0 Å². The highest BCUT2D eigenvalue weighted by Gasteiger charge is 1.96. The number of aryl methyl sites for hydroxylation is 1. The summed E-state index contributed by atoms with van der Waals surface area (Å²) < 4.78 is 0. The van der Waals surface area contributed by atoms with Gasteiger partial charge < -0.3 is 5.32 Å². The first-order valence-electron chi connectivity index (χ1n) is 6.64. The van der Waals surface area contributed by atoms with Crippen LogP contribution in [0.15, 0.2) is 54.6 Å². The lowest BCUT2D eigenvalue weighted by Gasteiger charge is -2.02. The average molecular weight is 263 g/mol. The molecule has 2 heteroatoms. The van der Waals surface area contributed by atoms with Crippen molar-refractivity contribution in [3.63, 3.8) is 0 Å². The second-order valence-electron chi connectivity index (χ2n) is 4.61. The van der Waals surface area contributed by atoms with Crippen molar-refractivity contribution < 1.29 is 4.79 Å². The minimum atomic E-state index is -0.235. The number of hydrogen-bond donors (Lipinski definition) is 1. The molecule has 2 aromatic rings. The van der Waals surface area contributed by atoms with Gasteiger partial charge in [-0.15, -0.1) is 0 Å². The monoisotopic (exact) mass is 263 g/mol. The molecule has 0 spiro atoms. The minimum Gasteiger partial charge on any atom is -0.345 e. The summed E-state index contributed by atoms with van der Waals surface area (Å²) >= 11 is 0.